The first kappa shape index (κ1) is 94.2. The molecule has 598 valence electrons. The molecule has 1 rings (SSSR count). The number of phenols is 1. The van der Waals surface area contributed by atoms with Crippen molar-refractivity contribution >= 4 is 88.8 Å². The number of carboxylic acids is 1. The maximum absolute atomic E-state index is 14.9. The zero-order valence-electron chi connectivity index (χ0n) is 63.2. The number of nitrogens with zero attached hydrogens (tertiary/aromatic N) is 4. The van der Waals surface area contributed by atoms with Crippen LogP contribution in [0.3, 0.4) is 0 Å². The van der Waals surface area contributed by atoms with E-state index in [1.54, 1.807) is 20.8 Å². The van der Waals surface area contributed by atoms with Gasteiger partial charge in [-0.3, -0.25) is 67.5 Å². The number of methoxy groups -OCH3 is 1. The fraction of sp³-hybridized carbons (Fsp3) is 0.662. The Kier molecular flexibility index (Phi) is 40.5. The first-order valence-corrected chi connectivity index (χ1v) is 34.8. The Morgan fingerprint density at radius 3 is 1.58 bits per heavy atom. The van der Waals surface area contributed by atoms with E-state index in [1.165, 1.54) is 80.0 Å². The molecule has 26 N–H and O–H groups in total. The molecular formula is C68H116N18O20. The lowest BCUT2D eigenvalue weighted by Crippen LogP contribution is -2.61. The maximum Gasteiger partial charge on any atom is 0.326 e. The number of ether oxygens (including phenoxy) is 1. The molecule has 106 heavy (non-hydrogen) atoms. The number of aliphatic imine (C=N–C) groups is 2. The summed E-state index contributed by atoms with van der Waals surface area (Å²) in [4.78, 5) is 189. The molecule has 0 radical (unpaired) electrons. The number of carboxylic acid groups (broad SMARTS) is 1. The highest BCUT2D eigenvalue weighted by atomic mass is 16.5. The van der Waals surface area contributed by atoms with Gasteiger partial charge in [0.25, 0.3) is 11.8 Å². The molecule has 1 aromatic rings. The number of aliphatic hydroxyl groups is 4. The fourth-order valence-electron chi connectivity index (χ4n) is 11.2. The molecule has 0 saturated heterocycles. The van der Waals surface area contributed by atoms with Gasteiger partial charge >= 0.3 is 5.97 Å². The summed E-state index contributed by atoms with van der Waals surface area (Å²) in [5, 5.41) is 84.4. The SMILES string of the molecule is CC=C(NC(=O)C(NC(=O)C(O)C(O)C(CCCN=C(N)N)NC(=O)C(C)NC(=O)C(C)C(O)C(C)CC(C)C)C(C)C(C)C(N)=O)C(=O)NC(C(=O)NC(CCCN=C(N)N)C(=O)NC(CC(C)C)C(=O)N(C)C(CCC(N)=O)C(=O)NC(C(=O)N(C)C(C)C(=O)O)C(OC)c1ccc(O)cc1)C(C)O. The minimum absolute atomic E-state index is 0.0366. The third kappa shape index (κ3) is 30.7. The number of benzene rings is 1. The van der Waals surface area contributed by atoms with Crippen LogP contribution in [0.4, 0.5) is 0 Å². The molecule has 0 aromatic heterocycles. The second kappa shape index (κ2) is 45.5. The number of rotatable bonds is 47. The summed E-state index contributed by atoms with van der Waals surface area (Å²) in [5.41, 5.74) is 32.8. The number of carbonyl (C=O) groups is 13. The van der Waals surface area contributed by atoms with Gasteiger partial charge in [0, 0.05) is 46.6 Å². The number of nitrogens with two attached hydrogens (primary N) is 6. The third-order valence-electron chi connectivity index (χ3n) is 17.9. The van der Waals surface area contributed by atoms with Gasteiger partial charge in [0.05, 0.1) is 24.2 Å². The Bertz CT molecular complexity index is 3240. The highest BCUT2D eigenvalue weighted by Gasteiger charge is 2.43. The smallest absolute Gasteiger partial charge is 0.326 e. The molecule has 18 atom stereocenters. The molecule has 0 heterocycles. The molecule has 38 nitrogen and oxygen atoms in total. The van der Waals surface area contributed by atoms with Crippen LogP contribution >= 0.6 is 0 Å². The van der Waals surface area contributed by atoms with Crippen molar-refractivity contribution < 1.29 is 97.7 Å². The van der Waals surface area contributed by atoms with E-state index in [9.17, 15) is 93.0 Å². The van der Waals surface area contributed by atoms with E-state index in [0.717, 1.165) is 29.8 Å². The second-order valence-electron chi connectivity index (χ2n) is 27.4. The highest BCUT2D eigenvalue weighted by Crippen LogP contribution is 2.27. The molecule has 0 fully saturated rings. The Morgan fingerprint density at radius 2 is 1.09 bits per heavy atom. The second-order valence-corrected chi connectivity index (χ2v) is 27.4. The van der Waals surface area contributed by atoms with Crippen LogP contribution in [0, 0.1) is 35.5 Å². The minimum Gasteiger partial charge on any atom is -0.508 e. The number of carbonyl (C=O) groups excluding carboxylic acids is 12. The number of hydrogen-bond donors (Lipinski definition) is 20. The van der Waals surface area contributed by atoms with E-state index >= 15 is 0 Å². The van der Waals surface area contributed by atoms with E-state index in [0.29, 0.717) is 6.42 Å². The number of nitrogens with one attached hydrogen (secondary N) is 8. The number of aromatic hydroxyl groups is 1. The molecule has 12 amide bonds. The van der Waals surface area contributed by atoms with Crippen LogP contribution in [0.25, 0.3) is 0 Å². The number of aliphatic hydroxyl groups excluding tert-OH is 4. The molecule has 1 aromatic carbocycles. The van der Waals surface area contributed by atoms with Gasteiger partial charge in [0.15, 0.2) is 18.0 Å². The summed E-state index contributed by atoms with van der Waals surface area (Å²) in [5.74, 6) is -18.8. The average Bonchev–Trinajstić information content (AvgIpc) is 0.816. The van der Waals surface area contributed by atoms with E-state index in [4.69, 9.17) is 39.1 Å². The molecule has 0 aliphatic rings. The lowest BCUT2D eigenvalue weighted by molar-refractivity contribution is -0.152. The van der Waals surface area contributed by atoms with E-state index in [1.807, 2.05) is 13.8 Å². The number of allylic oxidation sites excluding steroid dienone is 1. The summed E-state index contributed by atoms with van der Waals surface area (Å²) in [6.07, 6.45) is -8.83. The van der Waals surface area contributed by atoms with Crippen LogP contribution in [0.5, 0.6) is 5.75 Å². The maximum atomic E-state index is 14.9. The quantitative estimate of drug-likeness (QED) is 0.0126. The summed E-state index contributed by atoms with van der Waals surface area (Å²) >= 11 is 0. The first-order valence-electron chi connectivity index (χ1n) is 34.8. The van der Waals surface area contributed by atoms with Crippen molar-refractivity contribution in [3.63, 3.8) is 0 Å². The van der Waals surface area contributed by atoms with Crippen LogP contribution in [0.15, 0.2) is 46.0 Å². The van der Waals surface area contributed by atoms with E-state index in [2.05, 4.69) is 52.5 Å². The van der Waals surface area contributed by atoms with Gasteiger partial charge in [0.2, 0.25) is 59.1 Å². The van der Waals surface area contributed by atoms with Crippen molar-refractivity contribution in [1.29, 1.82) is 0 Å². The molecule has 0 saturated carbocycles. The fourth-order valence-corrected chi connectivity index (χ4v) is 11.2. The normalized spacial score (nSPS) is 16.6. The number of hydrogen-bond acceptors (Lipinski definition) is 21. The van der Waals surface area contributed by atoms with Gasteiger partial charge in [-0.05, 0) is 114 Å². The minimum atomic E-state index is -2.47. The van der Waals surface area contributed by atoms with Crippen molar-refractivity contribution in [3.05, 3.63) is 41.6 Å². The Morgan fingerprint density at radius 1 is 0.557 bits per heavy atom. The van der Waals surface area contributed by atoms with Crippen LogP contribution < -0.4 is 76.9 Å². The molecular weight excluding hydrogens is 1390 g/mol. The van der Waals surface area contributed by atoms with Crippen molar-refractivity contribution in [2.75, 3.05) is 34.3 Å². The number of likely N-dealkylation sites (N-methyl/N-ethyl adjacent to an activating group) is 2. The Labute approximate surface area is 617 Å². The van der Waals surface area contributed by atoms with Crippen molar-refractivity contribution in [3.8, 4) is 5.75 Å². The lowest BCUT2D eigenvalue weighted by atomic mass is 9.87. The van der Waals surface area contributed by atoms with Crippen LogP contribution in [0.2, 0.25) is 0 Å². The van der Waals surface area contributed by atoms with Gasteiger partial charge in [-0.2, -0.15) is 0 Å². The largest absolute Gasteiger partial charge is 0.508 e. The molecule has 0 spiro atoms. The van der Waals surface area contributed by atoms with Crippen LogP contribution in [0.1, 0.15) is 146 Å². The lowest BCUT2D eigenvalue weighted by Gasteiger charge is -2.35. The number of phenolic OH excluding ortho intramolecular Hbond substituents is 1. The molecule has 0 aliphatic heterocycles. The zero-order valence-corrected chi connectivity index (χ0v) is 63.2. The van der Waals surface area contributed by atoms with E-state index in [-0.39, 0.29) is 80.3 Å². The first-order chi connectivity index (χ1) is 49.3. The predicted octanol–water partition coefficient (Wildman–Crippen LogP) is -4.77. The van der Waals surface area contributed by atoms with Gasteiger partial charge in [-0.1, -0.05) is 73.6 Å². The number of amides is 12. The average molecular weight is 1510 g/mol. The number of guanidine groups is 2. The standard InChI is InChI=1S/C68H116N18O20/c1-16-42(78-61(99)48(34(7)35(8)55(70)93)82-63(101)53(92)52(91)43(19-17-27-75-67(71)72)79-57(95)37(10)77-56(94)36(9)51(90)33(6)29-31(2)3)58(96)83-49(39(12)87)62(100)80-44(20-18-28-76-68(73)74)59(97)81-45(30-32(4)5)64(102)86(14)46(25-26-47(69)89)60(98)84-50(65(103)85(13)38(11)66(104)105)54(106-15)40-21-23-41(88)24-22-40/h16,21-24,31-39,43-46,48-54,87-88,90-92H,17-20,25-30H2,1-15H3,(H2,69,89)(H2,70,93)(H,77,94)(H,78,99)(H,79,95)(H,80,100)(H,81,97)(H,82,101)(H,83,96)(H,84,98)(H,104,105)(H4,71,72,75)(H4,73,74,76). The van der Waals surface area contributed by atoms with Crippen LogP contribution in [-0.4, -0.2) is 242 Å². The topological polar surface area (TPSA) is 636 Å². The molecule has 0 bridgehead atoms. The van der Waals surface area contributed by atoms with Gasteiger partial charge in [-0.15, -0.1) is 0 Å². The number of primary amides is 2. The van der Waals surface area contributed by atoms with Gasteiger partial charge in [-0.25, -0.2) is 4.79 Å². The summed E-state index contributed by atoms with van der Waals surface area (Å²) in [6.45, 7) is 17.9. The molecule has 38 heteroatoms. The monoisotopic (exact) mass is 1500 g/mol. The highest BCUT2D eigenvalue weighted by molar-refractivity contribution is 6.03. The number of aliphatic carboxylic acids is 1. The molecule has 0 aliphatic carbocycles. The summed E-state index contributed by atoms with van der Waals surface area (Å²) < 4.78 is 5.68. The van der Waals surface area contributed by atoms with Gasteiger partial charge < -0.3 is 122 Å². The van der Waals surface area contributed by atoms with Crippen molar-refractivity contribution in [1.82, 2.24) is 52.3 Å². The Balaban J connectivity index is 3.78. The predicted molar refractivity (Wildman–Crippen MR) is 388 cm³/mol. The van der Waals surface area contributed by atoms with E-state index < -0.39 is 204 Å². The summed E-state index contributed by atoms with van der Waals surface area (Å²) in [7, 11) is 3.53. The Hall–Kier alpha value is -9.79. The van der Waals surface area contributed by atoms with Crippen molar-refractivity contribution in [2.45, 2.75) is 219 Å². The summed E-state index contributed by atoms with van der Waals surface area (Å²) in [6, 6.07) is -9.35. The van der Waals surface area contributed by atoms with Crippen molar-refractivity contribution in [2.24, 2.45) is 79.9 Å². The third-order valence-corrected chi connectivity index (χ3v) is 17.9. The zero-order chi connectivity index (χ0) is 81.5. The molecule has 18 unspecified atom stereocenters. The van der Waals surface area contributed by atoms with Crippen LogP contribution in [-0.2, 0) is 67.1 Å². The van der Waals surface area contributed by atoms with Gasteiger partial charge in [0.1, 0.15) is 72.0 Å².